The fourth-order valence-corrected chi connectivity index (χ4v) is 3.95. The molecular formula is C16H28N2O2. The Hall–Kier alpha value is -0.770. The zero-order valence-electron chi connectivity index (χ0n) is 12.6. The minimum Gasteiger partial charge on any atom is -0.391 e. The molecule has 0 aromatic carbocycles. The number of rotatable bonds is 2. The topological polar surface area (TPSA) is 52.6 Å². The van der Waals surface area contributed by atoms with Crippen LogP contribution in [0.3, 0.4) is 0 Å². The molecule has 1 heterocycles. The highest BCUT2D eigenvalue weighted by Crippen LogP contribution is 2.44. The van der Waals surface area contributed by atoms with E-state index in [9.17, 15) is 9.90 Å². The summed E-state index contributed by atoms with van der Waals surface area (Å²) in [5.41, 5.74) is 0. The smallest absolute Gasteiger partial charge is 0.317 e. The molecule has 4 unspecified atom stereocenters. The first kappa shape index (κ1) is 14.2. The third-order valence-corrected chi connectivity index (χ3v) is 5.61. The highest BCUT2D eigenvalue weighted by molar-refractivity contribution is 5.75. The molecule has 0 spiro atoms. The van der Waals surface area contributed by atoms with Gasteiger partial charge in [-0.2, -0.15) is 0 Å². The summed E-state index contributed by atoms with van der Waals surface area (Å²) in [6.07, 6.45) is 8.57. The van der Waals surface area contributed by atoms with Gasteiger partial charge in [0, 0.05) is 19.1 Å². The molecule has 2 aliphatic carbocycles. The number of hydrogen-bond donors (Lipinski definition) is 2. The van der Waals surface area contributed by atoms with E-state index in [4.69, 9.17) is 0 Å². The van der Waals surface area contributed by atoms with E-state index < -0.39 is 0 Å². The van der Waals surface area contributed by atoms with Crippen molar-refractivity contribution in [2.24, 2.45) is 17.8 Å². The van der Waals surface area contributed by atoms with Crippen molar-refractivity contribution in [1.29, 1.82) is 0 Å². The second kappa shape index (κ2) is 5.92. The first-order valence-electron chi connectivity index (χ1n) is 8.38. The Labute approximate surface area is 121 Å². The second-order valence-corrected chi connectivity index (χ2v) is 7.13. The van der Waals surface area contributed by atoms with E-state index >= 15 is 0 Å². The van der Waals surface area contributed by atoms with Crippen molar-refractivity contribution in [3.05, 3.63) is 0 Å². The predicted octanol–water partition coefficient (Wildman–Crippen LogP) is 2.37. The quantitative estimate of drug-likeness (QED) is 0.816. The Morgan fingerprint density at radius 2 is 1.95 bits per heavy atom. The summed E-state index contributed by atoms with van der Waals surface area (Å²) in [6.45, 7) is 3.33. The van der Waals surface area contributed by atoms with E-state index in [1.54, 1.807) is 4.90 Å². The number of carbonyl (C=O) groups is 1. The molecule has 20 heavy (non-hydrogen) atoms. The number of nitrogens with zero attached hydrogens (tertiary/aromatic N) is 1. The molecule has 0 bridgehead atoms. The number of β-amino-alcohol motifs (C(OH)–C–C–N with tert-alkyl or cyclic N) is 1. The molecule has 4 nitrogen and oxygen atoms in total. The van der Waals surface area contributed by atoms with E-state index in [0.717, 1.165) is 24.8 Å². The van der Waals surface area contributed by atoms with Crippen LogP contribution < -0.4 is 5.32 Å². The highest BCUT2D eigenvalue weighted by Gasteiger charge is 2.44. The van der Waals surface area contributed by atoms with Gasteiger partial charge in [0.25, 0.3) is 0 Å². The molecule has 3 rings (SSSR count). The van der Waals surface area contributed by atoms with Gasteiger partial charge in [0.05, 0.1) is 6.10 Å². The number of aliphatic hydroxyl groups is 1. The number of aliphatic hydroxyl groups excluding tert-OH is 1. The van der Waals surface area contributed by atoms with E-state index in [-0.39, 0.29) is 12.1 Å². The van der Waals surface area contributed by atoms with Gasteiger partial charge in [0.1, 0.15) is 0 Å². The molecule has 114 valence electrons. The van der Waals surface area contributed by atoms with Crippen LogP contribution in [0.1, 0.15) is 51.9 Å². The van der Waals surface area contributed by atoms with E-state index in [0.29, 0.717) is 18.5 Å². The van der Waals surface area contributed by atoms with E-state index in [2.05, 4.69) is 12.2 Å². The molecule has 2 N–H and O–H groups in total. The van der Waals surface area contributed by atoms with Crippen molar-refractivity contribution in [2.45, 2.75) is 64.0 Å². The molecule has 4 atom stereocenters. The molecule has 4 heteroatoms. The summed E-state index contributed by atoms with van der Waals surface area (Å²) in [7, 11) is 0. The number of carbonyl (C=O) groups excluding carboxylic acids is 1. The lowest BCUT2D eigenvalue weighted by Gasteiger charge is -2.34. The first-order chi connectivity index (χ1) is 9.65. The Morgan fingerprint density at radius 3 is 2.65 bits per heavy atom. The number of hydrogen-bond acceptors (Lipinski definition) is 2. The number of piperidine rings is 1. The number of urea groups is 1. The van der Waals surface area contributed by atoms with Crippen molar-refractivity contribution in [1.82, 2.24) is 10.2 Å². The van der Waals surface area contributed by atoms with Crippen molar-refractivity contribution < 1.29 is 9.90 Å². The fraction of sp³-hybridized carbons (Fsp3) is 0.938. The molecule has 3 fully saturated rings. The van der Waals surface area contributed by atoms with Crippen molar-refractivity contribution in [3.8, 4) is 0 Å². The van der Waals surface area contributed by atoms with Gasteiger partial charge in [-0.1, -0.05) is 39.0 Å². The maximum Gasteiger partial charge on any atom is 0.317 e. The summed E-state index contributed by atoms with van der Waals surface area (Å²) in [4.78, 5) is 14.0. The zero-order valence-corrected chi connectivity index (χ0v) is 12.6. The van der Waals surface area contributed by atoms with Crippen LogP contribution in [0.4, 0.5) is 4.79 Å². The van der Waals surface area contributed by atoms with Crippen LogP contribution in [0.15, 0.2) is 0 Å². The molecule has 1 aliphatic heterocycles. The largest absolute Gasteiger partial charge is 0.391 e. The SMILES string of the molecule is CC1CCN(C(=O)NC2CC2C2CCCCC2)CC1O. The van der Waals surface area contributed by atoms with Crippen LogP contribution in [0.2, 0.25) is 0 Å². The van der Waals surface area contributed by atoms with Crippen LogP contribution in [0, 0.1) is 17.8 Å². The standard InChI is InChI=1S/C16H28N2O2/c1-11-7-8-18(10-15(11)19)16(20)17-14-9-13(14)12-5-3-2-4-6-12/h11-15,19H,2-10H2,1H3,(H,17,20). The van der Waals surface area contributed by atoms with E-state index in [1.807, 2.05) is 0 Å². The Morgan fingerprint density at radius 1 is 1.20 bits per heavy atom. The lowest BCUT2D eigenvalue weighted by molar-refractivity contribution is 0.0434. The van der Waals surface area contributed by atoms with Crippen molar-refractivity contribution >= 4 is 6.03 Å². The van der Waals surface area contributed by atoms with Gasteiger partial charge >= 0.3 is 6.03 Å². The summed E-state index contributed by atoms with van der Waals surface area (Å²) in [6, 6.07) is 0.446. The van der Waals surface area contributed by atoms with Crippen LogP contribution in [0.25, 0.3) is 0 Å². The Balaban J connectivity index is 1.44. The normalized spacial score (nSPS) is 38.6. The second-order valence-electron chi connectivity index (χ2n) is 7.13. The lowest BCUT2D eigenvalue weighted by Crippen LogP contribution is -2.50. The molecule has 0 aromatic heterocycles. The van der Waals surface area contributed by atoms with Crippen LogP contribution in [-0.4, -0.2) is 41.3 Å². The van der Waals surface area contributed by atoms with E-state index in [1.165, 1.54) is 38.5 Å². The van der Waals surface area contributed by atoms with Crippen LogP contribution >= 0.6 is 0 Å². The van der Waals surface area contributed by atoms with Crippen LogP contribution in [-0.2, 0) is 0 Å². The van der Waals surface area contributed by atoms with Crippen molar-refractivity contribution in [3.63, 3.8) is 0 Å². The molecule has 0 aromatic rings. The highest BCUT2D eigenvalue weighted by atomic mass is 16.3. The van der Waals surface area contributed by atoms with Crippen molar-refractivity contribution in [2.75, 3.05) is 13.1 Å². The van der Waals surface area contributed by atoms with Gasteiger partial charge < -0.3 is 15.3 Å². The minimum absolute atomic E-state index is 0.0410. The molecule has 2 amide bonds. The summed E-state index contributed by atoms with van der Waals surface area (Å²) in [5.74, 6) is 1.89. The molecule has 2 saturated carbocycles. The average molecular weight is 280 g/mol. The molecular weight excluding hydrogens is 252 g/mol. The van der Waals surface area contributed by atoms with Gasteiger partial charge in [-0.3, -0.25) is 0 Å². The fourth-order valence-electron chi connectivity index (χ4n) is 3.95. The molecule has 0 radical (unpaired) electrons. The third-order valence-electron chi connectivity index (χ3n) is 5.61. The predicted molar refractivity (Wildman–Crippen MR) is 78.4 cm³/mol. The summed E-state index contributed by atoms with van der Waals surface area (Å²) in [5, 5.41) is 13.1. The van der Waals surface area contributed by atoms with Crippen LogP contribution in [0.5, 0.6) is 0 Å². The van der Waals surface area contributed by atoms with Gasteiger partial charge in [0.15, 0.2) is 0 Å². The molecule has 3 aliphatic rings. The van der Waals surface area contributed by atoms with Gasteiger partial charge in [0.2, 0.25) is 0 Å². The number of amides is 2. The number of nitrogens with one attached hydrogen (secondary N) is 1. The van der Waals surface area contributed by atoms with Gasteiger partial charge in [-0.05, 0) is 30.6 Å². The van der Waals surface area contributed by atoms with Gasteiger partial charge in [-0.25, -0.2) is 4.79 Å². The maximum absolute atomic E-state index is 12.2. The first-order valence-corrected chi connectivity index (χ1v) is 8.38. The average Bonchev–Trinajstić information content (AvgIpc) is 3.22. The Kier molecular flexibility index (Phi) is 4.20. The minimum atomic E-state index is -0.358. The third kappa shape index (κ3) is 3.11. The number of likely N-dealkylation sites (tertiary alicyclic amines) is 1. The summed E-state index contributed by atoms with van der Waals surface area (Å²) >= 11 is 0. The summed E-state index contributed by atoms with van der Waals surface area (Å²) < 4.78 is 0. The Bertz CT molecular complexity index is 354. The molecule has 1 saturated heterocycles. The monoisotopic (exact) mass is 280 g/mol. The maximum atomic E-state index is 12.2. The van der Waals surface area contributed by atoms with Gasteiger partial charge in [-0.15, -0.1) is 0 Å². The lowest BCUT2D eigenvalue weighted by atomic mass is 9.85. The zero-order chi connectivity index (χ0) is 14.1.